The van der Waals surface area contributed by atoms with Gasteiger partial charge in [-0.05, 0) is 63.5 Å². The molecule has 174 valence electrons. The molecule has 2 atom stereocenters. The van der Waals surface area contributed by atoms with Crippen LogP contribution in [0.5, 0.6) is 0 Å². The third kappa shape index (κ3) is 3.91. The molecule has 0 saturated heterocycles. The van der Waals surface area contributed by atoms with Gasteiger partial charge in [-0.1, -0.05) is 84.1 Å². The van der Waals surface area contributed by atoms with E-state index in [1.54, 1.807) is 28.9 Å². The van der Waals surface area contributed by atoms with E-state index < -0.39 is 16.1 Å². The Morgan fingerprint density at radius 2 is 1.57 bits per heavy atom. The van der Waals surface area contributed by atoms with Crippen LogP contribution in [-0.4, -0.2) is 28.6 Å². The molecule has 1 aliphatic carbocycles. The number of rotatable bonds is 6. The first-order valence-corrected chi connectivity index (χ1v) is 13.5. The second-order valence-electron chi connectivity index (χ2n) is 8.45. The minimum atomic E-state index is -3.77. The SMILES string of the molecule is Cc1ccc(S(=O)(=O)N[C@H]2c3cccc4cccc(c34)[C@H]2Sc2nnnn2-c2ccccc2)cc1. The fourth-order valence-electron chi connectivity index (χ4n) is 4.55. The summed E-state index contributed by atoms with van der Waals surface area (Å²) in [5.41, 5.74) is 3.85. The van der Waals surface area contributed by atoms with Crippen LogP contribution < -0.4 is 4.72 Å². The number of para-hydroxylation sites is 1. The second-order valence-corrected chi connectivity index (χ2v) is 11.3. The summed E-state index contributed by atoms with van der Waals surface area (Å²) in [5, 5.41) is 14.8. The second kappa shape index (κ2) is 8.60. The molecule has 35 heavy (non-hydrogen) atoms. The predicted molar refractivity (Wildman–Crippen MR) is 136 cm³/mol. The van der Waals surface area contributed by atoms with Gasteiger partial charge in [0.2, 0.25) is 15.2 Å². The molecule has 9 heteroatoms. The number of thioether (sulfide) groups is 1. The van der Waals surface area contributed by atoms with Crippen molar-refractivity contribution < 1.29 is 8.42 Å². The zero-order valence-corrected chi connectivity index (χ0v) is 20.4. The molecule has 0 spiro atoms. The van der Waals surface area contributed by atoms with E-state index in [4.69, 9.17) is 0 Å². The van der Waals surface area contributed by atoms with E-state index >= 15 is 0 Å². The van der Waals surface area contributed by atoms with E-state index in [1.165, 1.54) is 11.8 Å². The number of aromatic nitrogens is 4. The van der Waals surface area contributed by atoms with Gasteiger partial charge in [0.15, 0.2) is 0 Å². The van der Waals surface area contributed by atoms with Crippen LogP contribution in [0.3, 0.4) is 0 Å². The lowest BCUT2D eigenvalue weighted by atomic mass is 10.1. The van der Waals surface area contributed by atoms with Gasteiger partial charge in [0.05, 0.1) is 21.9 Å². The zero-order chi connectivity index (χ0) is 24.0. The van der Waals surface area contributed by atoms with E-state index in [0.717, 1.165) is 33.2 Å². The lowest BCUT2D eigenvalue weighted by Crippen LogP contribution is -2.30. The minimum absolute atomic E-state index is 0.240. The van der Waals surface area contributed by atoms with Gasteiger partial charge in [0.25, 0.3) is 0 Å². The van der Waals surface area contributed by atoms with Crippen molar-refractivity contribution in [2.75, 3.05) is 0 Å². The van der Waals surface area contributed by atoms with Crippen molar-refractivity contribution in [1.82, 2.24) is 24.9 Å². The lowest BCUT2D eigenvalue weighted by molar-refractivity contribution is 0.557. The highest BCUT2D eigenvalue weighted by atomic mass is 32.2. The van der Waals surface area contributed by atoms with E-state index in [1.807, 2.05) is 55.5 Å². The van der Waals surface area contributed by atoms with Gasteiger partial charge in [-0.2, -0.15) is 4.68 Å². The van der Waals surface area contributed by atoms with Gasteiger partial charge in [-0.15, -0.1) is 5.10 Å². The number of aryl methyl sites for hydroxylation is 1. The normalized spacial score (nSPS) is 17.2. The maximum Gasteiger partial charge on any atom is 0.241 e. The fourth-order valence-corrected chi connectivity index (χ4v) is 7.09. The molecule has 1 aliphatic rings. The summed E-state index contributed by atoms with van der Waals surface area (Å²) in [6.07, 6.45) is 0. The number of benzene rings is 4. The number of hydrogen-bond acceptors (Lipinski definition) is 6. The monoisotopic (exact) mass is 499 g/mol. The molecule has 4 aromatic carbocycles. The highest BCUT2D eigenvalue weighted by molar-refractivity contribution is 7.99. The van der Waals surface area contributed by atoms with Crippen molar-refractivity contribution in [3.8, 4) is 5.69 Å². The molecule has 0 aliphatic heterocycles. The molecule has 0 unspecified atom stereocenters. The maximum absolute atomic E-state index is 13.4. The standard InChI is InChI=1S/C26H21N5O2S2/c1-17-13-15-20(16-14-17)35(32,33)28-24-21-11-5-7-18-8-6-12-22(23(18)21)25(24)34-26-27-29-30-31(26)19-9-3-2-4-10-19/h2-16,24-25,28H,1H3/t24-,25+/m0/s1. The zero-order valence-electron chi connectivity index (χ0n) is 18.7. The molecule has 1 N–H and O–H groups in total. The van der Waals surface area contributed by atoms with Gasteiger partial charge >= 0.3 is 0 Å². The third-order valence-corrected chi connectivity index (χ3v) is 8.90. The summed E-state index contributed by atoms with van der Waals surface area (Å²) >= 11 is 1.46. The molecule has 0 saturated carbocycles. The Kier molecular flexibility index (Phi) is 5.40. The van der Waals surface area contributed by atoms with E-state index in [9.17, 15) is 8.42 Å². The highest BCUT2D eigenvalue weighted by Gasteiger charge is 2.39. The first-order valence-electron chi connectivity index (χ1n) is 11.1. The van der Waals surface area contributed by atoms with Crippen molar-refractivity contribution in [1.29, 1.82) is 0 Å². The topological polar surface area (TPSA) is 89.8 Å². The summed E-state index contributed by atoms with van der Waals surface area (Å²) in [7, 11) is -3.77. The number of nitrogens with one attached hydrogen (secondary N) is 1. The summed E-state index contributed by atoms with van der Waals surface area (Å²) in [4.78, 5) is 0.240. The Balaban J connectivity index is 1.43. The van der Waals surface area contributed by atoms with Crippen LogP contribution in [0.15, 0.2) is 101 Å². The Labute approximate surface area is 207 Å². The molecule has 6 rings (SSSR count). The van der Waals surface area contributed by atoms with E-state index in [2.05, 4.69) is 38.4 Å². The van der Waals surface area contributed by atoms with Crippen LogP contribution in [0.2, 0.25) is 0 Å². The summed E-state index contributed by atoms with van der Waals surface area (Å²) in [6.45, 7) is 1.93. The van der Waals surface area contributed by atoms with Crippen LogP contribution in [0, 0.1) is 6.92 Å². The van der Waals surface area contributed by atoms with Crippen molar-refractivity contribution in [3.63, 3.8) is 0 Å². The smallest absolute Gasteiger partial charge is 0.207 e. The molecule has 5 aromatic rings. The van der Waals surface area contributed by atoms with Crippen LogP contribution >= 0.6 is 11.8 Å². The molecule has 0 amide bonds. The molecule has 0 fully saturated rings. The Hall–Kier alpha value is -3.53. The average Bonchev–Trinajstić information content (AvgIpc) is 3.45. The van der Waals surface area contributed by atoms with Crippen LogP contribution in [0.25, 0.3) is 16.5 Å². The van der Waals surface area contributed by atoms with E-state index in [-0.39, 0.29) is 10.1 Å². The fraction of sp³-hybridized carbons (Fsp3) is 0.115. The maximum atomic E-state index is 13.4. The summed E-state index contributed by atoms with van der Waals surface area (Å²) < 4.78 is 31.6. The van der Waals surface area contributed by atoms with Gasteiger partial charge < -0.3 is 0 Å². The minimum Gasteiger partial charge on any atom is -0.207 e. The van der Waals surface area contributed by atoms with Crippen molar-refractivity contribution in [3.05, 3.63) is 108 Å². The third-order valence-electron chi connectivity index (χ3n) is 6.20. The first kappa shape index (κ1) is 22.0. The van der Waals surface area contributed by atoms with Crippen molar-refractivity contribution >= 4 is 32.6 Å². The Bertz CT molecular complexity index is 1630. The van der Waals surface area contributed by atoms with Crippen molar-refractivity contribution in [2.24, 2.45) is 0 Å². The largest absolute Gasteiger partial charge is 0.241 e. The first-order chi connectivity index (χ1) is 17.0. The number of nitrogens with zero attached hydrogens (tertiary/aromatic N) is 4. The van der Waals surface area contributed by atoms with Crippen LogP contribution in [-0.2, 0) is 10.0 Å². The highest BCUT2D eigenvalue weighted by Crippen LogP contribution is 2.53. The quantitative estimate of drug-likeness (QED) is 0.354. The average molecular weight is 500 g/mol. The number of hydrogen-bond donors (Lipinski definition) is 1. The molecule has 1 aromatic heterocycles. The number of sulfonamides is 1. The molecule has 7 nitrogen and oxygen atoms in total. The Morgan fingerprint density at radius 1 is 0.857 bits per heavy atom. The van der Waals surface area contributed by atoms with Gasteiger partial charge in [-0.25, -0.2) is 13.1 Å². The van der Waals surface area contributed by atoms with Crippen LogP contribution in [0.4, 0.5) is 0 Å². The molecular weight excluding hydrogens is 478 g/mol. The van der Waals surface area contributed by atoms with Gasteiger partial charge in [0.1, 0.15) is 0 Å². The van der Waals surface area contributed by atoms with Gasteiger partial charge in [-0.3, -0.25) is 0 Å². The molecule has 0 bridgehead atoms. The Morgan fingerprint density at radius 3 is 2.31 bits per heavy atom. The summed E-state index contributed by atoms with van der Waals surface area (Å²) in [5.74, 6) is 0. The molecule has 1 heterocycles. The number of tetrazole rings is 1. The van der Waals surface area contributed by atoms with Crippen molar-refractivity contribution in [2.45, 2.75) is 28.3 Å². The molecule has 0 radical (unpaired) electrons. The summed E-state index contributed by atoms with van der Waals surface area (Å²) in [6, 6.07) is 28.2. The van der Waals surface area contributed by atoms with E-state index in [0.29, 0.717) is 5.16 Å². The van der Waals surface area contributed by atoms with Gasteiger partial charge in [0, 0.05) is 0 Å². The lowest BCUT2D eigenvalue weighted by Gasteiger charge is -2.22. The van der Waals surface area contributed by atoms with Crippen LogP contribution in [0.1, 0.15) is 28.0 Å². The molecular formula is C26H21N5O2S2. The predicted octanol–water partition coefficient (Wildman–Crippen LogP) is 4.99.